The van der Waals surface area contributed by atoms with E-state index in [2.05, 4.69) is 9.97 Å². The van der Waals surface area contributed by atoms with Crippen LogP contribution in [0.1, 0.15) is 32.7 Å². The number of hydrogen-bond donors (Lipinski definition) is 1. The third kappa shape index (κ3) is 3.72. The molecule has 1 aliphatic heterocycles. The lowest BCUT2D eigenvalue weighted by molar-refractivity contribution is -0.137. The Bertz CT molecular complexity index is 1180. The van der Waals surface area contributed by atoms with E-state index in [4.69, 9.17) is 0 Å². The molecule has 1 amide bonds. The van der Waals surface area contributed by atoms with Crippen molar-refractivity contribution in [2.24, 2.45) is 0 Å². The molecule has 154 valence electrons. The monoisotopic (exact) mass is 413 g/mol. The number of carbonyl (C=O) groups excluding carboxylic acids is 1. The van der Waals surface area contributed by atoms with E-state index in [0.29, 0.717) is 29.8 Å². The molecule has 0 fully saturated rings. The highest BCUT2D eigenvalue weighted by Gasteiger charge is 2.31. The number of halogens is 3. The summed E-state index contributed by atoms with van der Waals surface area (Å²) in [5, 5.41) is 0. The maximum Gasteiger partial charge on any atom is 0.416 e. The van der Waals surface area contributed by atoms with Crippen molar-refractivity contribution in [3.63, 3.8) is 0 Å². The number of rotatable bonds is 2. The van der Waals surface area contributed by atoms with Crippen molar-refractivity contribution in [3.8, 4) is 11.4 Å². The summed E-state index contributed by atoms with van der Waals surface area (Å²) in [5.41, 5.74) is 1.21. The summed E-state index contributed by atoms with van der Waals surface area (Å²) in [4.78, 5) is 34.1. The molecule has 30 heavy (non-hydrogen) atoms. The number of aromatic amines is 1. The maximum absolute atomic E-state index is 13.0. The number of hydrogen-bond acceptors (Lipinski definition) is 3. The number of fused-ring (bicyclic) bond motifs is 1. The van der Waals surface area contributed by atoms with Crippen LogP contribution in [0.2, 0.25) is 0 Å². The van der Waals surface area contributed by atoms with Gasteiger partial charge < -0.3 is 9.88 Å². The quantitative estimate of drug-likeness (QED) is 0.692. The van der Waals surface area contributed by atoms with Crippen molar-refractivity contribution < 1.29 is 18.0 Å². The highest BCUT2D eigenvalue weighted by Crippen LogP contribution is 2.31. The molecule has 2 heterocycles. The minimum atomic E-state index is -4.49. The molecule has 3 aromatic rings. The first-order valence-electron chi connectivity index (χ1n) is 9.38. The summed E-state index contributed by atoms with van der Waals surface area (Å²) in [7, 11) is 0. The van der Waals surface area contributed by atoms with Crippen molar-refractivity contribution in [2.75, 3.05) is 6.54 Å². The van der Waals surface area contributed by atoms with E-state index >= 15 is 0 Å². The molecule has 0 saturated heterocycles. The number of nitrogens with zero attached hydrogens (tertiary/aromatic N) is 2. The molecule has 1 N–H and O–H groups in total. The van der Waals surface area contributed by atoms with Gasteiger partial charge in [-0.05, 0) is 30.7 Å². The molecule has 0 unspecified atom stereocenters. The van der Waals surface area contributed by atoms with Crippen LogP contribution in [0, 0.1) is 6.92 Å². The first-order valence-corrected chi connectivity index (χ1v) is 9.38. The molecule has 0 radical (unpaired) electrons. The van der Waals surface area contributed by atoms with Crippen LogP contribution in [0.3, 0.4) is 0 Å². The van der Waals surface area contributed by atoms with E-state index in [1.807, 2.05) is 19.1 Å². The van der Waals surface area contributed by atoms with E-state index < -0.39 is 17.3 Å². The molecule has 5 nitrogen and oxygen atoms in total. The van der Waals surface area contributed by atoms with E-state index in [1.54, 1.807) is 17.0 Å². The first-order chi connectivity index (χ1) is 14.2. The van der Waals surface area contributed by atoms with Crippen LogP contribution in [0.15, 0.2) is 53.3 Å². The van der Waals surface area contributed by atoms with E-state index in [-0.39, 0.29) is 23.8 Å². The lowest BCUT2D eigenvalue weighted by atomic mass is 10.0. The smallest absolute Gasteiger partial charge is 0.334 e. The van der Waals surface area contributed by atoms with Crippen LogP contribution >= 0.6 is 0 Å². The van der Waals surface area contributed by atoms with Gasteiger partial charge in [0.25, 0.3) is 11.5 Å². The largest absolute Gasteiger partial charge is 0.416 e. The van der Waals surface area contributed by atoms with E-state index in [0.717, 1.165) is 17.7 Å². The lowest BCUT2D eigenvalue weighted by Gasteiger charge is -2.28. The summed E-state index contributed by atoms with van der Waals surface area (Å²) in [5.74, 6) is -0.0800. The van der Waals surface area contributed by atoms with Gasteiger partial charge in [0.15, 0.2) is 0 Å². The van der Waals surface area contributed by atoms with Gasteiger partial charge in [0.1, 0.15) is 5.82 Å². The van der Waals surface area contributed by atoms with Crippen LogP contribution in [-0.2, 0) is 19.1 Å². The highest BCUT2D eigenvalue weighted by atomic mass is 19.4. The Hall–Kier alpha value is -3.42. The molecule has 1 aromatic heterocycles. The predicted molar refractivity (Wildman–Crippen MR) is 105 cm³/mol. The fourth-order valence-electron chi connectivity index (χ4n) is 3.56. The molecule has 0 spiro atoms. The minimum absolute atomic E-state index is 0.0866. The summed E-state index contributed by atoms with van der Waals surface area (Å²) in [6.45, 7) is 2.33. The lowest BCUT2D eigenvalue weighted by Crippen LogP contribution is -2.39. The van der Waals surface area contributed by atoms with Crippen LogP contribution in [0.4, 0.5) is 13.2 Å². The first kappa shape index (κ1) is 19.9. The number of nitrogens with one attached hydrogen (secondary N) is 1. The summed E-state index contributed by atoms with van der Waals surface area (Å²) >= 11 is 0. The Balaban J connectivity index is 1.65. The van der Waals surface area contributed by atoms with Crippen molar-refractivity contribution in [1.29, 1.82) is 0 Å². The highest BCUT2D eigenvalue weighted by molar-refractivity contribution is 5.95. The second kappa shape index (κ2) is 7.44. The number of alkyl halides is 3. The van der Waals surface area contributed by atoms with Gasteiger partial charge in [-0.2, -0.15) is 13.2 Å². The average Bonchev–Trinajstić information content (AvgIpc) is 2.73. The number of aryl methyl sites for hydroxylation is 1. The Morgan fingerprint density at radius 1 is 1.13 bits per heavy atom. The molecule has 0 bridgehead atoms. The van der Waals surface area contributed by atoms with Gasteiger partial charge >= 0.3 is 6.18 Å². The fourth-order valence-corrected chi connectivity index (χ4v) is 3.56. The van der Waals surface area contributed by atoms with Gasteiger partial charge in [-0.3, -0.25) is 9.59 Å². The fraction of sp³-hybridized carbons (Fsp3) is 0.227. The summed E-state index contributed by atoms with van der Waals surface area (Å²) in [6, 6.07) is 11.9. The topological polar surface area (TPSA) is 66.1 Å². The molecule has 4 rings (SSSR count). The second-order valence-corrected chi connectivity index (χ2v) is 7.21. The maximum atomic E-state index is 13.0. The summed E-state index contributed by atoms with van der Waals surface area (Å²) < 4.78 is 39.0. The van der Waals surface area contributed by atoms with Crippen LogP contribution < -0.4 is 5.56 Å². The second-order valence-electron chi connectivity index (χ2n) is 7.21. The molecular formula is C22H18F3N3O2. The predicted octanol–water partition coefficient (Wildman–Crippen LogP) is 3.96. The van der Waals surface area contributed by atoms with Crippen LogP contribution in [0.5, 0.6) is 0 Å². The normalized spacial score (nSPS) is 13.8. The number of benzene rings is 2. The van der Waals surface area contributed by atoms with Gasteiger partial charge in [-0.25, -0.2) is 4.98 Å². The molecule has 0 saturated carbocycles. The van der Waals surface area contributed by atoms with Crippen molar-refractivity contribution in [1.82, 2.24) is 14.9 Å². The van der Waals surface area contributed by atoms with E-state index in [1.165, 1.54) is 12.1 Å². The number of aromatic nitrogens is 2. The summed E-state index contributed by atoms with van der Waals surface area (Å²) in [6.07, 6.45) is -4.14. The van der Waals surface area contributed by atoms with Crippen LogP contribution in [0.25, 0.3) is 11.4 Å². The Morgan fingerprint density at radius 3 is 2.63 bits per heavy atom. The third-order valence-electron chi connectivity index (χ3n) is 5.19. The Labute approximate surface area is 170 Å². The third-order valence-corrected chi connectivity index (χ3v) is 5.19. The molecule has 8 heteroatoms. The van der Waals surface area contributed by atoms with Crippen molar-refractivity contribution in [2.45, 2.75) is 26.1 Å². The molecule has 0 atom stereocenters. The van der Waals surface area contributed by atoms with Gasteiger partial charge in [0.2, 0.25) is 0 Å². The minimum Gasteiger partial charge on any atom is -0.334 e. The van der Waals surface area contributed by atoms with Gasteiger partial charge in [0, 0.05) is 24.1 Å². The van der Waals surface area contributed by atoms with E-state index in [9.17, 15) is 22.8 Å². The van der Waals surface area contributed by atoms with Gasteiger partial charge in [-0.15, -0.1) is 0 Å². The average molecular weight is 413 g/mol. The molecule has 2 aromatic carbocycles. The molecule has 0 aliphatic carbocycles. The van der Waals surface area contributed by atoms with Gasteiger partial charge in [-0.1, -0.05) is 30.3 Å². The zero-order valence-corrected chi connectivity index (χ0v) is 16.1. The number of H-pyrrole nitrogens is 1. The van der Waals surface area contributed by atoms with Crippen molar-refractivity contribution >= 4 is 5.91 Å². The molecular weight excluding hydrogens is 395 g/mol. The van der Waals surface area contributed by atoms with Crippen LogP contribution in [-0.4, -0.2) is 27.3 Å². The van der Waals surface area contributed by atoms with Crippen molar-refractivity contribution in [3.05, 3.63) is 86.8 Å². The van der Waals surface area contributed by atoms with Gasteiger partial charge in [0.05, 0.1) is 23.4 Å². The Kier molecular flexibility index (Phi) is 4.93. The molecule has 1 aliphatic rings. The number of amides is 1. The standard InChI is InChI=1S/C22H18F3N3O2/c1-13-5-2-3-8-16(13)21(30)28-10-9-18-17(12-28)20(29)27-19(26-18)14-6-4-7-15(11-14)22(23,24)25/h2-8,11H,9-10,12H2,1H3,(H,26,27,29). The Morgan fingerprint density at radius 2 is 1.90 bits per heavy atom. The zero-order chi connectivity index (χ0) is 21.5. The SMILES string of the molecule is Cc1ccccc1C(=O)N1CCc2nc(-c3cccc(C(F)(F)F)c3)[nH]c(=O)c2C1. The number of carbonyl (C=O) groups is 1. The zero-order valence-electron chi connectivity index (χ0n) is 16.1.